The molecular formula is C14H10BrClN4O. The minimum Gasteiger partial charge on any atom is -0.399 e. The van der Waals surface area contributed by atoms with Crippen molar-refractivity contribution in [3.63, 3.8) is 0 Å². The molecule has 1 amide bonds. The lowest BCUT2D eigenvalue weighted by Gasteiger charge is -2.14. The first-order valence-electron chi connectivity index (χ1n) is 5.78. The Morgan fingerprint density at radius 2 is 2.05 bits per heavy atom. The predicted octanol–water partition coefficient (Wildman–Crippen LogP) is 3.40. The standard InChI is InChI=1S/C14H10BrClN4O/c15-8-1-2-12(7(3-8)6-17)20-13-10(14(19)21)4-9(18)5-11(13)16/h1-5,20H,18H2,(H2,19,21). The number of benzene rings is 2. The molecule has 2 aromatic rings. The van der Waals surface area contributed by atoms with E-state index in [2.05, 4.69) is 27.3 Å². The Kier molecular flexibility index (Phi) is 4.36. The summed E-state index contributed by atoms with van der Waals surface area (Å²) in [6.07, 6.45) is 0. The zero-order valence-corrected chi connectivity index (χ0v) is 13.0. The molecule has 0 heterocycles. The molecule has 0 spiro atoms. The lowest BCUT2D eigenvalue weighted by atomic mass is 10.1. The number of anilines is 3. The molecule has 5 N–H and O–H groups in total. The summed E-state index contributed by atoms with van der Waals surface area (Å²) in [4.78, 5) is 11.5. The third kappa shape index (κ3) is 3.27. The Labute approximate surface area is 134 Å². The van der Waals surface area contributed by atoms with Gasteiger partial charge in [-0.2, -0.15) is 5.26 Å². The monoisotopic (exact) mass is 364 g/mol. The van der Waals surface area contributed by atoms with Crippen molar-refractivity contribution in [2.45, 2.75) is 0 Å². The van der Waals surface area contributed by atoms with E-state index < -0.39 is 5.91 Å². The molecule has 0 saturated heterocycles. The second-order valence-corrected chi connectivity index (χ2v) is 5.54. The number of halogens is 2. The van der Waals surface area contributed by atoms with E-state index in [0.717, 1.165) is 4.47 Å². The molecule has 21 heavy (non-hydrogen) atoms. The van der Waals surface area contributed by atoms with E-state index in [4.69, 9.17) is 28.3 Å². The maximum absolute atomic E-state index is 11.5. The van der Waals surface area contributed by atoms with Gasteiger partial charge < -0.3 is 16.8 Å². The van der Waals surface area contributed by atoms with Crippen LogP contribution in [0, 0.1) is 11.3 Å². The number of nitrogens with zero attached hydrogens (tertiary/aromatic N) is 1. The van der Waals surface area contributed by atoms with Gasteiger partial charge in [0.1, 0.15) is 6.07 Å². The molecule has 0 atom stereocenters. The SMILES string of the molecule is N#Cc1cc(Br)ccc1Nc1c(Cl)cc(N)cc1C(N)=O. The van der Waals surface area contributed by atoms with Gasteiger partial charge in [-0.15, -0.1) is 0 Å². The highest BCUT2D eigenvalue weighted by Gasteiger charge is 2.15. The van der Waals surface area contributed by atoms with Gasteiger partial charge in [-0.25, -0.2) is 0 Å². The smallest absolute Gasteiger partial charge is 0.250 e. The summed E-state index contributed by atoms with van der Waals surface area (Å²) in [5.74, 6) is -0.665. The number of hydrogen-bond acceptors (Lipinski definition) is 4. The Bertz CT molecular complexity index is 770. The number of rotatable bonds is 3. The molecule has 7 heteroatoms. The van der Waals surface area contributed by atoms with Crippen molar-refractivity contribution in [3.05, 3.63) is 51.0 Å². The maximum atomic E-state index is 11.5. The molecule has 106 valence electrons. The number of carbonyl (C=O) groups is 1. The molecule has 0 unspecified atom stereocenters. The summed E-state index contributed by atoms with van der Waals surface area (Å²) in [5.41, 5.74) is 12.7. The van der Waals surface area contributed by atoms with Crippen molar-refractivity contribution >= 4 is 50.5 Å². The van der Waals surface area contributed by atoms with E-state index in [1.54, 1.807) is 18.2 Å². The normalized spacial score (nSPS) is 9.95. The number of nitrogen functional groups attached to an aromatic ring is 1. The molecule has 5 nitrogen and oxygen atoms in total. The summed E-state index contributed by atoms with van der Waals surface area (Å²) in [7, 11) is 0. The highest BCUT2D eigenvalue weighted by molar-refractivity contribution is 9.10. The van der Waals surface area contributed by atoms with Gasteiger partial charge in [-0.05, 0) is 30.3 Å². The number of nitriles is 1. The van der Waals surface area contributed by atoms with E-state index in [-0.39, 0.29) is 10.6 Å². The molecule has 0 aliphatic rings. The minimum absolute atomic E-state index is 0.159. The summed E-state index contributed by atoms with van der Waals surface area (Å²) in [5, 5.41) is 12.4. The van der Waals surface area contributed by atoms with Crippen molar-refractivity contribution in [1.29, 1.82) is 5.26 Å². The Morgan fingerprint density at radius 3 is 2.67 bits per heavy atom. The van der Waals surface area contributed by atoms with Gasteiger partial charge in [0.2, 0.25) is 0 Å². The number of nitrogens with two attached hydrogens (primary N) is 2. The second kappa shape index (κ2) is 6.04. The van der Waals surface area contributed by atoms with Crippen molar-refractivity contribution in [3.8, 4) is 6.07 Å². The topological polar surface area (TPSA) is 105 Å². The Morgan fingerprint density at radius 1 is 1.33 bits per heavy atom. The lowest BCUT2D eigenvalue weighted by molar-refractivity contribution is 0.100. The number of hydrogen-bond donors (Lipinski definition) is 3. The highest BCUT2D eigenvalue weighted by atomic mass is 79.9. The predicted molar refractivity (Wildman–Crippen MR) is 86.5 cm³/mol. The first-order valence-corrected chi connectivity index (χ1v) is 6.95. The van der Waals surface area contributed by atoms with Crippen LogP contribution in [0.3, 0.4) is 0 Å². The van der Waals surface area contributed by atoms with Crippen molar-refractivity contribution in [2.75, 3.05) is 11.1 Å². The van der Waals surface area contributed by atoms with Crippen molar-refractivity contribution in [2.24, 2.45) is 5.73 Å². The summed E-state index contributed by atoms with van der Waals surface area (Å²) in [6.45, 7) is 0. The van der Waals surface area contributed by atoms with Crippen LogP contribution in [0.5, 0.6) is 0 Å². The average molecular weight is 366 g/mol. The molecule has 2 rings (SSSR count). The molecule has 2 aromatic carbocycles. The third-order valence-corrected chi connectivity index (χ3v) is 3.53. The fraction of sp³-hybridized carbons (Fsp3) is 0. The van der Waals surface area contributed by atoms with Crippen molar-refractivity contribution < 1.29 is 4.79 Å². The minimum atomic E-state index is -0.665. The van der Waals surface area contributed by atoms with Gasteiger partial charge in [0.05, 0.1) is 27.5 Å². The number of primary amides is 1. The Hall–Kier alpha value is -2.23. The first kappa shape index (κ1) is 15.2. The zero-order chi connectivity index (χ0) is 15.6. The largest absolute Gasteiger partial charge is 0.399 e. The van der Waals surface area contributed by atoms with E-state index in [1.807, 2.05) is 0 Å². The molecule has 0 bridgehead atoms. The molecule has 0 saturated carbocycles. The first-order chi connectivity index (χ1) is 9.92. The quantitative estimate of drug-likeness (QED) is 0.725. The number of amides is 1. The van der Waals surface area contributed by atoms with E-state index in [1.165, 1.54) is 12.1 Å². The van der Waals surface area contributed by atoms with Gasteiger partial charge in [-0.1, -0.05) is 27.5 Å². The van der Waals surface area contributed by atoms with Crippen LogP contribution in [0.4, 0.5) is 17.1 Å². The van der Waals surface area contributed by atoms with Crippen molar-refractivity contribution in [1.82, 2.24) is 0 Å². The molecule has 0 aromatic heterocycles. The van der Waals surface area contributed by atoms with Crippen LogP contribution in [0.15, 0.2) is 34.8 Å². The Balaban J connectivity index is 2.55. The fourth-order valence-corrected chi connectivity index (χ4v) is 2.44. The molecule has 0 radical (unpaired) electrons. The van der Waals surface area contributed by atoms with Gasteiger partial charge in [0.25, 0.3) is 5.91 Å². The zero-order valence-electron chi connectivity index (χ0n) is 10.7. The number of carbonyl (C=O) groups excluding carboxylic acids is 1. The fourth-order valence-electron chi connectivity index (χ4n) is 1.80. The average Bonchev–Trinajstić information content (AvgIpc) is 2.42. The third-order valence-electron chi connectivity index (χ3n) is 2.74. The molecule has 0 aliphatic heterocycles. The molecule has 0 aliphatic carbocycles. The van der Waals surface area contributed by atoms with Crippen LogP contribution >= 0.6 is 27.5 Å². The van der Waals surface area contributed by atoms with Crippen LogP contribution < -0.4 is 16.8 Å². The lowest BCUT2D eigenvalue weighted by Crippen LogP contribution is -2.14. The van der Waals surface area contributed by atoms with E-state index in [0.29, 0.717) is 22.6 Å². The molecule has 0 fully saturated rings. The summed E-state index contributed by atoms with van der Waals surface area (Å²) in [6, 6.07) is 10.1. The molecular weight excluding hydrogens is 356 g/mol. The highest BCUT2D eigenvalue weighted by Crippen LogP contribution is 2.33. The van der Waals surface area contributed by atoms with Gasteiger partial charge >= 0.3 is 0 Å². The van der Waals surface area contributed by atoms with E-state index >= 15 is 0 Å². The number of nitrogens with one attached hydrogen (secondary N) is 1. The van der Waals surface area contributed by atoms with Crippen LogP contribution in [0.25, 0.3) is 0 Å². The van der Waals surface area contributed by atoms with E-state index in [9.17, 15) is 4.79 Å². The van der Waals surface area contributed by atoms with Gasteiger partial charge in [-0.3, -0.25) is 4.79 Å². The maximum Gasteiger partial charge on any atom is 0.250 e. The van der Waals surface area contributed by atoms with Crippen LogP contribution in [-0.4, -0.2) is 5.91 Å². The second-order valence-electron chi connectivity index (χ2n) is 4.22. The van der Waals surface area contributed by atoms with Crippen LogP contribution in [0.2, 0.25) is 5.02 Å². The summed E-state index contributed by atoms with van der Waals surface area (Å²) >= 11 is 9.40. The summed E-state index contributed by atoms with van der Waals surface area (Å²) < 4.78 is 0.767. The van der Waals surface area contributed by atoms with Crippen LogP contribution in [-0.2, 0) is 0 Å². The van der Waals surface area contributed by atoms with Crippen LogP contribution in [0.1, 0.15) is 15.9 Å². The van der Waals surface area contributed by atoms with Gasteiger partial charge in [0, 0.05) is 10.2 Å². The van der Waals surface area contributed by atoms with Gasteiger partial charge in [0.15, 0.2) is 0 Å².